The number of carbonyl (C=O) groups is 5. The highest BCUT2D eigenvalue weighted by molar-refractivity contribution is 6.05. The highest BCUT2D eigenvalue weighted by Crippen LogP contribution is 2.31. The SMILES string of the molecule is COC(=O)C(NC(=O)OCc1ccccc1)C(C)CN1C(=O)CCC(N2Cc3c(CN)cccc3C2=O)C1=O. The van der Waals surface area contributed by atoms with Crippen molar-refractivity contribution in [2.24, 2.45) is 11.7 Å². The lowest BCUT2D eigenvalue weighted by atomic mass is 9.97. The lowest BCUT2D eigenvalue weighted by Gasteiger charge is -2.37. The van der Waals surface area contributed by atoms with E-state index in [1.807, 2.05) is 12.1 Å². The van der Waals surface area contributed by atoms with Gasteiger partial charge in [0, 0.05) is 37.5 Å². The number of nitrogens with two attached hydrogens (primary N) is 1. The standard InChI is InChI=1S/C28H32N4O7/c1-17(24(27(36)38-2)30-28(37)39-16-18-7-4-3-5-8-18)14-32-23(33)12-11-22(26(32)35)31-15-21-19(13-29)9-6-10-20(21)25(31)34/h3-10,17,22,24H,11-16,29H2,1-2H3,(H,30,37). The third-order valence-electron chi connectivity index (χ3n) is 7.15. The maximum atomic E-state index is 13.5. The number of amides is 4. The highest BCUT2D eigenvalue weighted by atomic mass is 16.6. The Labute approximate surface area is 226 Å². The van der Waals surface area contributed by atoms with Crippen molar-refractivity contribution in [3.63, 3.8) is 0 Å². The fourth-order valence-electron chi connectivity index (χ4n) is 5.01. The zero-order valence-corrected chi connectivity index (χ0v) is 21.9. The van der Waals surface area contributed by atoms with Gasteiger partial charge in [-0.1, -0.05) is 49.4 Å². The average Bonchev–Trinajstić information content (AvgIpc) is 3.29. The number of nitrogens with zero attached hydrogens (tertiary/aromatic N) is 2. The Hall–Kier alpha value is -4.25. The normalized spacial score (nSPS) is 18.4. The number of piperidine rings is 1. The molecule has 39 heavy (non-hydrogen) atoms. The number of imide groups is 1. The number of nitrogens with one attached hydrogen (secondary N) is 1. The first-order valence-corrected chi connectivity index (χ1v) is 12.8. The first kappa shape index (κ1) is 27.8. The molecule has 0 spiro atoms. The number of hydrogen-bond acceptors (Lipinski definition) is 8. The summed E-state index contributed by atoms with van der Waals surface area (Å²) in [5.74, 6) is -2.67. The van der Waals surface area contributed by atoms with Gasteiger partial charge < -0.3 is 25.4 Å². The van der Waals surface area contributed by atoms with Crippen LogP contribution in [0.15, 0.2) is 48.5 Å². The number of likely N-dealkylation sites (tertiary alicyclic amines) is 1. The minimum atomic E-state index is -1.18. The van der Waals surface area contributed by atoms with Gasteiger partial charge in [0.25, 0.3) is 11.8 Å². The molecule has 2 aliphatic heterocycles. The topological polar surface area (TPSA) is 148 Å². The molecule has 0 saturated carbocycles. The van der Waals surface area contributed by atoms with Crippen molar-refractivity contribution in [3.8, 4) is 0 Å². The number of fused-ring (bicyclic) bond motifs is 1. The lowest BCUT2D eigenvalue weighted by Crippen LogP contribution is -2.57. The number of esters is 1. The molecular weight excluding hydrogens is 504 g/mol. The van der Waals surface area contributed by atoms with Gasteiger partial charge in [0.2, 0.25) is 5.91 Å². The molecule has 0 aliphatic carbocycles. The summed E-state index contributed by atoms with van der Waals surface area (Å²) in [7, 11) is 1.18. The smallest absolute Gasteiger partial charge is 0.408 e. The molecule has 3 atom stereocenters. The molecule has 3 N–H and O–H groups in total. The first-order chi connectivity index (χ1) is 18.7. The van der Waals surface area contributed by atoms with Crippen LogP contribution in [0.25, 0.3) is 0 Å². The van der Waals surface area contributed by atoms with Crippen LogP contribution in [0.3, 0.4) is 0 Å². The number of methoxy groups -OCH3 is 1. The molecule has 0 bridgehead atoms. The van der Waals surface area contributed by atoms with Crippen LogP contribution in [0, 0.1) is 5.92 Å². The van der Waals surface area contributed by atoms with E-state index >= 15 is 0 Å². The highest BCUT2D eigenvalue weighted by Gasteiger charge is 2.44. The molecule has 2 aromatic rings. The number of rotatable bonds is 9. The molecule has 11 nitrogen and oxygen atoms in total. The van der Waals surface area contributed by atoms with Crippen LogP contribution in [0.5, 0.6) is 0 Å². The number of hydrogen-bond donors (Lipinski definition) is 2. The van der Waals surface area contributed by atoms with Crippen LogP contribution in [-0.2, 0) is 43.6 Å². The molecular formula is C28H32N4O7. The van der Waals surface area contributed by atoms with Gasteiger partial charge in [0.15, 0.2) is 0 Å². The van der Waals surface area contributed by atoms with Crippen molar-refractivity contribution < 1.29 is 33.4 Å². The third-order valence-corrected chi connectivity index (χ3v) is 7.15. The summed E-state index contributed by atoms with van der Waals surface area (Å²) in [5, 5.41) is 2.49. The average molecular weight is 537 g/mol. The number of alkyl carbamates (subject to hydrolysis) is 1. The summed E-state index contributed by atoms with van der Waals surface area (Å²) >= 11 is 0. The second-order valence-electron chi connectivity index (χ2n) is 9.66. The van der Waals surface area contributed by atoms with Crippen molar-refractivity contribution in [1.82, 2.24) is 15.1 Å². The van der Waals surface area contributed by atoms with E-state index in [9.17, 15) is 24.0 Å². The van der Waals surface area contributed by atoms with Crippen LogP contribution in [-0.4, -0.2) is 65.3 Å². The number of carbonyl (C=O) groups excluding carboxylic acids is 5. The molecule has 0 radical (unpaired) electrons. The lowest BCUT2D eigenvalue weighted by molar-refractivity contribution is -0.155. The van der Waals surface area contributed by atoms with Crippen molar-refractivity contribution in [1.29, 1.82) is 0 Å². The molecule has 2 aliphatic rings. The predicted octanol–water partition coefficient (Wildman–Crippen LogP) is 1.72. The summed E-state index contributed by atoms with van der Waals surface area (Å²) in [4.78, 5) is 67.0. The van der Waals surface area contributed by atoms with E-state index in [2.05, 4.69) is 5.32 Å². The Morgan fingerprint density at radius 3 is 2.54 bits per heavy atom. The van der Waals surface area contributed by atoms with Crippen LogP contribution < -0.4 is 11.1 Å². The van der Waals surface area contributed by atoms with Crippen LogP contribution in [0.2, 0.25) is 0 Å². The monoisotopic (exact) mass is 536 g/mol. The maximum absolute atomic E-state index is 13.5. The summed E-state index contributed by atoms with van der Waals surface area (Å²) in [6.07, 6.45) is -0.584. The minimum Gasteiger partial charge on any atom is -0.467 e. The van der Waals surface area contributed by atoms with Crippen molar-refractivity contribution in [3.05, 3.63) is 70.8 Å². The molecule has 4 amide bonds. The quantitative estimate of drug-likeness (QED) is 0.364. The van der Waals surface area contributed by atoms with Gasteiger partial charge in [-0.15, -0.1) is 0 Å². The van der Waals surface area contributed by atoms with Crippen LogP contribution >= 0.6 is 0 Å². The minimum absolute atomic E-state index is 0.00214. The predicted molar refractivity (Wildman–Crippen MR) is 139 cm³/mol. The molecule has 2 heterocycles. The maximum Gasteiger partial charge on any atom is 0.408 e. The van der Waals surface area contributed by atoms with Crippen LogP contribution in [0.1, 0.15) is 46.8 Å². The Morgan fingerprint density at radius 2 is 1.85 bits per heavy atom. The molecule has 2 aromatic carbocycles. The van der Waals surface area contributed by atoms with E-state index in [0.717, 1.165) is 21.6 Å². The largest absolute Gasteiger partial charge is 0.467 e. The molecule has 1 fully saturated rings. The summed E-state index contributed by atoms with van der Waals surface area (Å²) in [6.45, 7) is 1.96. The summed E-state index contributed by atoms with van der Waals surface area (Å²) < 4.78 is 10.1. The van der Waals surface area contributed by atoms with Gasteiger partial charge in [0.05, 0.1) is 7.11 Å². The Kier molecular flexibility index (Phi) is 8.60. The van der Waals surface area contributed by atoms with Crippen molar-refractivity contribution in [2.45, 2.75) is 51.5 Å². The number of ether oxygens (including phenoxy) is 2. The fraction of sp³-hybridized carbons (Fsp3) is 0.393. The summed E-state index contributed by atoms with van der Waals surface area (Å²) in [6, 6.07) is 12.3. The van der Waals surface area contributed by atoms with Gasteiger partial charge in [-0.05, 0) is 29.2 Å². The zero-order valence-electron chi connectivity index (χ0n) is 21.9. The van der Waals surface area contributed by atoms with Gasteiger partial charge in [0.1, 0.15) is 18.7 Å². The van der Waals surface area contributed by atoms with E-state index in [0.29, 0.717) is 5.56 Å². The van der Waals surface area contributed by atoms with Crippen LogP contribution in [0.4, 0.5) is 4.79 Å². The van der Waals surface area contributed by atoms with Gasteiger partial charge >= 0.3 is 12.1 Å². The van der Waals surface area contributed by atoms with E-state index in [1.54, 1.807) is 43.3 Å². The second-order valence-corrected chi connectivity index (χ2v) is 9.66. The summed E-state index contributed by atoms with van der Waals surface area (Å²) in [5.41, 5.74) is 8.73. The molecule has 4 rings (SSSR count). The molecule has 11 heteroatoms. The molecule has 3 unspecified atom stereocenters. The van der Waals surface area contributed by atoms with E-state index < -0.39 is 41.9 Å². The van der Waals surface area contributed by atoms with Gasteiger partial charge in [-0.3, -0.25) is 19.3 Å². The first-order valence-electron chi connectivity index (χ1n) is 12.8. The van der Waals surface area contributed by atoms with E-state index in [-0.39, 0.29) is 45.0 Å². The van der Waals surface area contributed by atoms with E-state index in [1.165, 1.54) is 12.0 Å². The fourth-order valence-corrected chi connectivity index (χ4v) is 5.01. The Morgan fingerprint density at radius 1 is 1.10 bits per heavy atom. The zero-order chi connectivity index (χ0) is 28.1. The van der Waals surface area contributed by atoms with Crippen molar-refractivity contribution in [2.75, 3.05) is 13.7 Å². The van der Waals surface area contributed by atoms with Gasteiger partial charge in [-0.2, -0.15) is 0 Å². The molecule has 206 valence electrons. The van der Waals surface area contributed by atoms with Crippen molar-refractivity contribution >= 4 is 29.8 Å². The Bertz CT molecular complexity index is 1270. The molecule has 0 aromatic heterocycles. The number of benzene rings is 2. The third kappa shape index (κ3) is 5.93. The Balaban J connectivity index is 1.44. The van der Waals surface area contributed by atoms with E-state index in [4.69, 9.17) is 15.2 Å². The van der Waals surface area contributed by atoms with Gasteiger partial charge in [-0.25, -0.2) is 9.59 Å². The second kappa shape index (κ2) is 12.1. The molecule has 1 saturated heterocycles.